The minimum atomic E-state index is 0.918. The third-order valence-corrected chi connectivity index (χ3v) is 12.2. The van der Waals surface area contributed by atoms with E-state index < -0.39 is 0 Å². The van der Waals surface area contributed by atoms with Gasteiger partial charge in [0.25, 0.3) is 0 Å². The Kier molecular flexibility index (Phi) is 7.61. The molecule has 0 atom stereocenters. The Labute approximate surface area is 342 Å². The maximum atomic E-state index is 6.41. The van der Waals surface area contributed by atoms with E-state index in [4.69, 9.17) is 4.42 Å². The van der Waals surface area contributed by atoms with E-state index in [1.807, 2.05) is 12.1 Å². The van der Waals surface area contributed by atoms with Crippen molar-refractivity contribution < 1.29 is 4.42 Å². The van der Waals surface area contributed by atoms with E-state index in [1.165, 1.54) is 87.6 Å². The SMILES string of the molecule is c1cc(-c2ccc(-c3c4ccccc4c(-c4ccc5cc(-c6cccc7c6oc6ccccc67)ccc5c4)c4ccccc34)cc2)cc(-c2cccc3ccccc23)c1. The number of fused-ring (bicyclic) bond motifs is 7. The van der Waals surface area contributed by atoms with E-state index in [0.717, 1.165) is 33.1 Å². The Morgan fingerprint density at radius 2 is 0.712 bits per heavy atom. The third-order valence-electron chi connectivity index (χ3n) is 12.2. The van der Waals surface area contributed by atoms with Crippen molar-refractivity contribution in [1.29, 1.82) is 0 Å². The second-order valence-electron chi connectivity index (χ2n) is 15.6. The van der Waals surface area contributed by atoms with Gasteiger partial charge in [0, 0.05) is 16.3 Å². The predicted molar refractivity (Wildman–Crippen MR) is 251 cm³/mol. The topological polar surface area (TPSA) is 13.1 Å². The number of para-hydroxylation sites is 2. The second-order valence-corrected chi connectivity index (χ2v) is 15.6. The zero-order valence-corrected chi connectivity index (χ0v) is 32.2. The van der Waals surface area contributed by atoms with Crippen molar-refractivity contribution in [2.75, 3.05) is 0 Å². The zero-order chi connectivity index (χ0) is 38.9. The van der Waals surface area contributed by atoms with Crippen molar-refractivity contribution in [2.24, 2.45) is 0 Å². The molecule has 274 valence electrons. The molecule has 1 heterocycles. The van der Waals surface area contributed by atoms with Crippen LogP contribution >= 0.6 is 0 Å². The number of hydrogen-bond acceptors (Lipinski definition) is 1. The van der Waals surface area contributed by atoms with Crippen LogP contribution in [-0.2, 0) is 0 Å². The summed E-state index contributed by atoms with van der Waals surface area (Å²) in [6.45, 7) is 0. The van der Waals surface area contributed by atoms with Crippen molar-refractivity contribution in [3.8, 4) is 55.6 Å². The molecule has 0 spiro atoms. The molecule has 0 saturated carbocycles. The lowest BCUT2D eigenvalue weighted by molar-refractivity contribution is 0.670. The molecule has 1 heteroatoms. The van der Waals surface area contributed by atoms with Crippen LogP contribution in [0.15, 0.2) is 223 Å². The van der Waals surface area contributed by atoms with Crippen LogP contribution < -0.4 is 0 Å². The highest BCUT2D eigenvalue weighted by Crippen LogP contribution is 2.45. The summed E-state index contributed by atoms with van der Waals surface area (Å²) in [4.78, 5) is 0. The summed E-state index contributed by atoms with van der Waals surface area (Å²) in [6.07, 6.45) is 0. The highest BCUT2D eigenvalue weighted by Gasteiger charge is 2.18. The molecule has 0 aliphatic rings. The van der Waals surface area contributed by atoms with Gasteiger partial charge in [0.15, 0.2) is 0 Å². The van der Waals surface area contributed by atoms with E-state index >= 15 is 0 Å². The second kappa shape index (κ2) is 13.4. The Balaban J connectivity index is 0.943. The first-order chi connectivity index (χ1) is 29.2. The molecule has 0 aliphatic heterocycles. The fourth-order valence-corrected chi connectivity index (χ4v) is 9.47. The molecule has 12 aromatic rings. The number of furan rings is 1. The molecule has 0 bridgehead atoms. The van der Waals surface area contributed by atoms with Crippen LogP contribution in [0, 0.1) is 0 Å². The summed E-state index contributed by atoms with van der Waals surface area (Å²) >= 11 is 0. The smallest absolute Gasteiger partial charge is 0.143 e. The van der Waals surface area contributed by atoms with Gasteiger partial charge in [-0.2, -0.15) is 0 Å². The molecule has 0 saturated heterocycles. The first-order valence-electron chi connectivity index (χ1n) is 20.3. The normalized spacial score (nSPS) is 11.7. The molecular formula is C58H36O. The molecule has 12 rings (SSSR count). The van der Waals surface area contributed by atoms with E-state index in [1.54, 1.807) is 0 Å². The Hall–Kier alpha value is -7.74. The average molecular weight is 749 g/mol. The van der Waals surface area contributed by atoms with Gasteiger partial charge in [0.2, 0.25) is 0 Å². The summed E-state index contributed by atoms with van der Waals surface area (Å²) in [5, 5.41) is 12.2. The Bertz CT molecular complexity index is 3540. The summed E-state index contributed by atoms with van der Waals surface area (Å²) in [6, 6.07) is 79.6. The molecule has 0 aliphatic carbocycles. The minimum Gasteiger partial charge on any atom is -0.455 e. The summed E-state index contributed by atoms with van der Waals surface area (Å²) < 4.78 is 6.41. The maximum absolute atomic E-state index is 6.41. The van der Waals surface area contributed by atoms with Crippen molar-refractivity contribution in [3.63, 3.8) is 0 Å². The molecule has 11 aromatic carbocycles. The fraction of sp³-hybridized carbons (Fsp3) is 0. The van der Waals surface area contributed by atoms with Gasteiger partial charge >= 0.3 is 0 Å². The predicted octanol–water partition coefficient (Wildman–Crippen LogP) is 16.5. The van der Waals surface area contributed by atoms with E-state index in [2.05, 4.69) is 206 Å². The van der Waals surface area contributed by atoms with Gasteiger partial charge in [0.05, 0.1) is 0 Å². The largest absolute Gasteiger partial charge is 0.455 e. The standard InChI is InChI=1S/C58H36O/c1-2-16-46-38(12-1)13-10-22-47(46)43-15-9-14-40(34-43)37-26-28-39(29-27-37)56-50-18-3-5-20-52(50)57(53-21-6-4-19-51(53)56)45-33-31-41-35-44(32-30-42(41)36-45)48-23-11-24-54-49-17-7-8-25-55(49)59-58(48)54/h1-36H. The van der Waals surface area contributed by atoms with E-state index in [-0.39, 0.29) is 0 Å². The molecular weight excluding hydrogens is 713 g/mol. The molecule has 0 amide bonds. The van der Waals surface area contributed by atoms with Gasteiger partial charge in [-0.05, 0) is 117 Å². The van der Waals surface area contributed by atoms with Crippen LogP contribution in [0.1, 0.15) is 0 Å². The highest BCUT2D eigenvalue weighted by atomic mass is 16.3. The average Bonchev–Trinajstić information content (AvgIpc) is 3.69. The molecule has 59 heavy (non-hydrogen) atoms. The van der Waals surface area contributed by atoms with Crippen molar-refractivity contribution in [1.82, 2.24) is 0 Å². The van der Waals surface area contributed by atoms with Crippen LogP contribution in [0.5, 0.6) is 0 Å². The van der Waals surface area contributed by atoms with Gasteiger partial charge in [0.1, 0.15) is 11.2 Å². The van der Waals surface area contributed by atoms with Crippen LogP contribution in [-0.4, -0.2) is 0 Å². The number of benzene rings is 11. The van der Waals surface area contributed by atoms with Crippen molar-refractivity contribution >= 4 is 65.0 Å². The first-order valence-corrected chi connectivity index (χ1v) is 20.3. The molecule has 1 aromatic heterocycles. The van der Waals surface area contributed by atoms with Crippen LogP contribution in [0.3, 0.4) is 0 Å². The highest BCUT2D eigenvalue weighted by molar-refractivity contribution is 6.22. The van der Waals surface area contributed by atoms with E-state index in [0.29, 0.717) is 0 Å². The first kappa shape index (κ1) is 33.4. The third kappa shape index (κ3) is 5.47. The lowest BCUT2D eigenvalue weighted by Gasteiger charge is -2.18. The Morgan fingerprint density at radius 3 is 1.46 bits per heavy atom. The van der Waals surface area contributed by atoms with Gasteiger partial charge < -0.3 is 4.42 Å². The van der Waals surface area contributed by atoms with Gasteiger partial charge in [-0.3, -0.25) is 0 Å². The monoisotopic (exact) mass is 748 g/mol. The van der Waals surface area contributed by atoms with Gasteiger partial charge in [-0.1, -0.05) is 194 Å². The minimum absolute atomic E-state index is 0.918. The fourth-order valence-electron chi connectivity index (χ4n) is 9.47. The summed E-state index contributed by atoms with van der Waals surface area (Å²) in [5.74, 6) is 0. The lowest BCUT2D eigenvalue weighted by Crippen LogP contribution is -1.91. The Morgan fingerprint density at radius 1 is 0.237 bits per heavy atom. The number of hydrogen-bond donors (Lipinski definition) is 0. The maximum Gasteiger partial charge on any atom is 0.143 e. The molecule has 1 nitrogen and oxygen atoms in total. The molecule has 0 fully saturated rings. The lowest BCUT2D eigenvalue weighted by atomic mass is 9.85. The van der Waals surface area contributed by atoms with E-state index in [9.17, 15) is 0 Å². The molecule has 0 N–H and O–H groups in total. The zero-order valence-electron chi connectivity index (χ0n) is 32.2. The van der Waals surface area contributed by atoms with Gasteiger partial charge in [-0.15, -0.1) is 0 Å². The van der Waals surface area contributed by atoms with Crippen LogP contribution in [0.25, 0.3) is 121 Å². The summed E-state index contributed by atoms with van der Waals surface area (Å²) in [5.41, 5.74) is 14.0. The number of rotatable bonds is 5. The van der Waals surface area contributed by atoms with Crippen LogP contribution in [0.2, 0.25) is 0 Å². The van der Waals surface area contributed by atoms with Gasteiger partial charge in [-0.25, -0.2) is 0 Å². The molecule has 0 radical (unpaired) electrons. The van der Waals surface area contributed by atoms with Crippen molar-refractivity contribution in [3.05, 3.63) is 218 Å². The summed E-state index contributed by atoms with van der Waals surface area (Å²) in [7, 11) is 0. The molecule has 0 unspecified atom stereocenters. The van der Waals surface area contributed by atoms with Crippen LogP contribution in [0.4, 0.5) is 0 Å². The quantitative estimate of drug-likeness (QED) is 0.160. The van der Waals surface area contributed by atoms with Crippen molar-refractivity contribution in [2.45, 2.75) is 0 Å².